The molecule has 27 heavy (non-hydrogen) atoms. The molecule has 2 N–H and O–H groups in total. The third-order valence-electron chi connectivity index (χ3n) is 3.74. The molecule has 0 aliphatic rings. The van der Waals surface area contributed by atoms with Crippen molar-refractivity contribution in [1.29, 1.82) is 0 Å². The number of anilines is 1. The Balaban J connectivity index is 1.74. The van der Waals surface area contributed by atoms with Gasteiger partial charge in [0.2, 0.25) is 0 Å². The molecule has 6 heteroatoms. The van der Waals surface area contributed by atoms with Crippen molar-refractivity contribution >= 4 is 11.7 Å². The highest BCUT2D eigenvalue weighted by Gasteiger charge is 2.03. The van der Waals surface area contributed by atoms with Crippen molar-refractivity contribution in [1.82, 2.24) is 5.32 Å². The molecule has 0 radical (unpaired) electrons. The van der Waals surface area contributed by atoms with Gasteiger partial charge in [-0.3, -0.25) is 0 Å². The summed E-state index contributed by atoms with van der Waals surface area (Å²) in [5.74, 6) is 0.790. The Morgan fingerprint density at radius 2 is 1.81 bits per heavy atom. The Labute approximate surface area is 160 Å². The van der Waals surface area contributed by atoms with Crippen LogP contribution in [0.4, 0.5) is 10.5 Å². The van der Waals surface area contributed by atoms with Gasteiger partial charge < -0.3 is 24.8 Å². The van der Waals surface area contributed by atoms with Crippen LogP contribution >= 0.6 is 0 Å². The zero-order chi connectivity index (χ0) is 19.5. The van der Waals surface area contributed by atoms with Gasteiger partial charge in [-0.1, -0.05) is 24.3 Å². The van der Waals surface area contributed by atoms with Crippen LogP contribution in [0, 0.1) is 0 Å². The predicted octanol–water partition coefficient (Wildman–Crippen LogP) is 3.96. The molecule has 2 aromatic rings. The van der Waals surface area contributed by atoms with Crippen molar-refractivity contribution in [2.24, 2.45) is 0 Å². The molecule has 2 aromatic carbocycles. The minimum Gasteiger partial charge on any atom is -0.497 e. The first-order valence-electron chi connectivity index (χ1n) is 9.03. The van der Waals surface area contributed by atoms with Crippen molar-refractivity contribution in [2.45, 2.75) is 33.1 Å². The zero-order valence-electron chi connectivity index (χ0n) is 16.2. The summed E-state index contributed by atoms with van der Waals surface area (Å²) in [5.41, 5.74) is 2.71. The first-order valence-corrected chi connectivity index (χ1v) is 9.03. The van der Waals surface area contributed by atoms with E-state index < -0.39 is 0 Å². The van der Waals surface area contributed by atoms with Crippen LogP contribution in [0.5, 0.6) is 5.75 Å². The number of rotatable bonds is 10. The van der Waals surface area contributed by atoms with Gasteiger partial charge in [-0.15, -0.1) is 0 Å². The maximum Gasteiger partial charge on any atom is 0.319 e. The van der Waals surface area contributed by atoms with Gasteiger partial charge in [0.15, 0.2) is 0 Å². The van der Waals surface area contributed by atoms with Gasteiger partial charge in [0.1, 0.15) is 5.75 Å². The lowest BCUT2D eigenvalue weighted by Crippen LogP contribution is -2.28. The summed E-state index contributed by atoms with van der Waals surface area (Å²) in [6.07, 6.45) is 0.206. The number of urea groups is 1. The van der Waals surface area contributed by atoms with Crippen LogP contribution in [0.1, 0.15) is 25.0 Å². The van der Waals surface area contributed by atoms with E-state index in [2.05, 4.69) is 10.6 Å². The topological polar surface area (TPSA) is 68.8 Å². The second-order valence-corrected chi connectivity index (χ2v) is 6.33. The van der Waals surface area contributed by atoms with Gasteiger partial charge in [-0.05, 0) is 49.2 Å². The van der Waals surface area contributed by atoms with Crippen molar-refractivity contribution < 1.29 is 19.0 Å². The van der Waals surface area contributed by atoms with Gasteiger partial charge in [0.25, 0.3) is 0 Å². The standard InChI is InChI=1S/C21H28N2O4/c1-16(2)27-12-11-26-15-18-5-4-6-19(13-18)23-21(24)22-14-17-7-9-20(25-3)10-8-17/h4-10,13,16H,11-12,14-15H2,1-3H3,(H2,22,23,24). The molecule has 0 bridgehead atoms. The van der Waals surface area contributed by atoms with Crippen molar-refractivity contribution in [3.63, 3.8) is 0 Å². The van der Waals surface area contributed by atoms with Crippen LogP contribution in [0.15, 0.2) is 48.5 Å². The van der Waals surface area contributed by atoms with E-state index in [0.29, 0.717) is 26.4 Å². The number of nitrogens with one attached hydrogen (secondary N) is 2. The normalized spacial score (nSPS) is 10.7. The van der Waals surface area contributed by atoms with Gasteiger partial charge in [0.05, 0.1) is 33.0 Å². The Kier molecular flexibility index (Phi) is 8.61. The van der Waals surface area contributed by atoms with E-state index in [1.165, 1.54) is 0 Å². The van der Waals surface area contributed by atoms with E-state index in [0.717, 1.165) is 22.6 Å². The lowest BCUT2D eigenvalue weighted by atomic mass is 10.2. The molecule has 0 spiro atoms. The number of carbonyl (C=O) groups excluding carboxylic acids is 1. The fourth-order valence-electron chi connectivity index (χ4n) is 2.37. The number of methoxy groups -OCH3 is 1. The molecule has 0 saturated heterocycles. The lowest BCUT2D eigenvalue weighted by Gasteiger charge is -2.10. The van der Waals surface area contributed by atoms with E-state index in [9.17, 15) is 4.79 Å². The van der Waals surface area contributed by atoms with Crippen molar-refractivity contribution in [3.8, 4) is 5.75 Å². The minimum atomic E-state index is -0.255. The molecule has 0 aliphatic carbocycles. The average Bonchev–Trinajstić information content (AvgIpc) is 2.66. The fraction of sp³-hybridized carbons (Fsp3) is 0.381. The first kappa shape index (κ1) is 20.7. The molecule has 0 heterocycles. The number of ether oxygens (including phenoxy) is 3. The van der Waals surface area contributed by atoms with Crippen molar-refractivity contribution in [2.75, 3.05) is 25.6 Å². The van der Waals surface area contributed by atoms with Crippen LogP contribution in [0.2, 0.25) is 0 Å². The Morgan fingerprint density at radius 3 is 2.52 bits per heavy atom. The number of carbonyl (C=O) groups is 1. The number of amides is 2. The van der Waals surface area contributed by atoms with Crippen LogP contribution in [0.3, 0.4) is 0 Å². The molecular formula is C21H28N2O4. The average molecular weight is 372 g/mol. The molecule has 0 unspecified atom stereocenters. The summed E-state index contributed by atoms with van der Waals surface area (Å²) in [6.45, 7) is 6.02. The quantitative estimate of drug-likeness (QED) is 0.620. The highest BCUT2D eigenvalue weighted by molar-refractivity contribution is 5.89. The van der Waals surface area contributed by atoms with E-state index in [-0.39, 0.29) is 12.1 Å². The summed E-state index contributed by atoms with van der Waals surface area (Å²) >= 11 is 0. The fourth-order valence-corrected chi connectivity index (χ4v) is 2.37. The van der Waals surface area contributed by atoms with Gasteiger partial charge in [0, 0.05) is 12.2 Å². The van der Waals surface area contributed by atoms with E-state index in [1.54, 1.807) is 7.11 Å². The second kappa shape index (κ2) is 11.2. The van der Waals surface area contributed by atoms with Crippen LogP contribution in [-0.2, 0) is 22.6 Å². The van der Waals surface area contributed by atoms with Gasteiger partial charge in [-0.2, -0.15) is 0 Å². The smallest absolute Gasteiger partial charge is 0.319 e. The molecule has 2 amide bonds. The SMILES string of the molecule is COc1ccc(CNC(=O)Nc2cccc(COCCOC(C)C)c2)cc1. The molecule has 0 fully saturated rings. The van der Waals surface area contributed by atoms with Crippen molar-refractivity contribution in [3.05, 3.63) is 59.7 Å². The Hall–Kier alpha value is -2.57. The molecule has 6 nitrogen and oxygen atoms in total. The summed E-state index contributed by atoms with van der Waals surface area (Å²) in [6, 6.07) is 14.9. The molecule has 146 valence electrons. The summed E-state index contributed by atoms with van der Waals surface area (Å²) in [4.78, 5) is 12.1. The van der Waals surface area contributed by atoms with Crippen LogP contribution in [-0.4, -0.2) is 32.5 Å². The summed E-state index contributed by atoms with van der Waals surface area (Å²) in [5, 5.41) is 5.67. The molecular weight excluding hydrogens is 344 g/mol. The second-order valence-electron chi connectivity index (χ2n) is 6.33. The van der Waals surface area contributed by atoms with Crippen LogP contribution in [0.25, 0.3) is 0 Å². The maximum absolute atomic E-state index is 12.1. The molecule has 0 saturated carbocycles. The van der Waals surface area contributed by atoms with E-state index in [1.807, 2.05) is 62.4 Å². The Morgan fingerprint density at radius 1 is 1.04 bits per heavy atom. The zero-order valence-corrected chi connectivity index (χ0v) is 16.2. The molecule has 0 aromatic heterocycles. The molecule has 0 aliphatic heterocycles. The van der Waals surface area contributed by atoms with E-state index in [4.69, 9.17) is 14.2 Å². The first-order chi connectivity index (χ1) is 13.1. The highest BCUT2D eigenvalue weighted by Crippen LogP contribution is 2.13. The van der Waals surface area contributed by atoms with Gasteiger partial charge >= 0.3 is 6.03 Å². The molecule has 0 atom stereocenters. The highest BCUT2D eigenvalue weighted by atomic mass is 16.5. The van der Waals surface area contributed by atoms with Crippen LogP contribution < -0.4 is 15.4 Å². The number of hydrogen-bond acceptors (Lipinski definition) is 4. The lowest BCUT2D eigenvalue weighted by molar-refractivity contribution is 0.0143. The maximum atomic E-state index is 12.1. The molecule has 2 rings (SSSR count). The van der Waals surface area contributed by atoms with E-state index >= 15 is 0 Å². The predicted molar refractivity (Wildman–Crippen MR) is 106 cm³/mol. The monoisotopic (exact) mass is 372 g/mol. The third kappa shape index (κ3) is 8.11. The number of benzene rings is 2. The largest absolute Gasteiger partial charge is 0.497 e. The number of hydrogen-bond donors (Lipinski definition) is 2. The summed E-state index contributed by atoms with van der Waals surface area (Å²) in [7, 11) is 1.62. The Bertz CT molecular complexity index is 702. The van der Waals surface area contributed by atoms with Gasteiger partial charge in [-0.25, -0.2) is 4.79 Å². The third-order valence-corrected chi connectivity index (χ3v) is 3.74. The minimum absolute atomic E-state index is 0.206. The summed E-state index contributed by atoms with van der Waals surface area (Å²) < 4.78 is 16.1.